The van der Waals surface area contributed by atoms with E-state index in [1.54, 1.807) is 0 Å². The first-order valence-electron chi connectivity index (χ1n) is 12.7. The number of nitrogens with one attached hydrogen (secondary N) is 1. The van der Waals surface area contributed by atoms with E-state index in [1.165, 1.54) is 23.4 Å². The predicted octanol–water partition coefficient (Wildman–Crippen LogP) is 4.78. The van der Waals surface area contributed by atoms with Crippen LogP contribution in [0.5, 0.6) is 0 Å². The number of anilines is 1. The average Bonchev–Trinajstić information content (AvgIpc) is 3.25. The summed E-state index contributed by atoms with van der Waals surface area (Å²) in [6, 6.07) is 12.3. The number of aryl methyl sites for hydroxylation is 1. The van der Waals surface area contributed by atoms with Crippen LogP contribution in [0, 0.1) is 0 Å². The van der Waals surface area contributed by atoms with Crippen molar-refractivity contribution in [2.24, 2.45) is 0 Å². The van der Waals surface area contributed by atoms with Gasteiger partial charge in [0, 0.05) is 44.5 Å². The van der Waals surface area contributed by atoms with Crippen LogP contribution in [-0.4, -0.2) is 63.0 Å². The molecule has 2 aromatic heterocycles. The van der Waals surface area contributed by atoms with Crippen molar-refractivity contribution >= 4 is 16.7 Å². The molecule has 0 amide bonds. The molecular weight excluding hydrogens is 408 g/mol. The van der Waals surface area contributed by atoms with Crippen molar-refractivity contribution in [2.45, 2.75) is 71.6 Å². The molecular formula is C27H38N6. The molecule has 1 aliphatic heterocycles. The molecule has 176 valence electrons. The minimum absolute atomic E-state index is 0.353. The van der Waals surface area contributed by atoms with Crippen molar-refractivity contribution in [1.29, 1.82) is 0 Å². The lowest BCUT2D eigenvalue weighted by atomic mass is 9.90. The zero-order valence-electron chi connectivity index (χ0n) is 20.6. The van der Waals surface area contributed by atoms with Crippen LogP contribution in [-0.2, 0) is 13.0 Å². The number of benzene rings is 1. The lowest BCUT2D eigenvalue weighted by Crippen LogP contribution is -2.48. The van der Waals surface area contributed by atoms with Crippen molar-refractivity contribution in [3.63, 3.8) is 0 Å². The highest BCUT2D eigenvalue weighted by molar-refractivity contribution is 5.89. The Morgan fingerprint density at radius 1 is 1.06 bits per heavy atom. The number of nitrogens with zero attached hydrogens (tertiary/aromatic N) is 5. The highest BCUT2D eigenvalue weighted by Crippen LogP contribution is 2.35. The van der Waals surface area contributed by atoms with Gasteiger partial charge in [0.05, 0.1) is 29.5 Å². The van der Waals surface area contributed by atoms with Gasteiger partial charge in [-0.05, 0) is 70.7 Å². The van der Waals surface area contributed by atoms with E-state index in [2.05, 4.69) is 77.7 Å². The number of hydrogen-bond acceptors (Lipinski definition) is 5. The summed E-state index contributed by atoms with van der Waals surface area (Å²) in [5.74, 6) is 1.05. The van der Waals surface area contributed by atoms with Crippen LogP contribution in [0.1, 0.15) is 63.7 Å². The van der Waals surface area contributed by atoms with Gasteiger partial charge in [0.2, 0.25) is 0 Å². The molecule has 1 fully saturated rings. The molecule has 1 N–H and O–H groups in total. The second-order valence-electron chi connectivity index (χ2n) is 10.2. The Morgan fingerprint density at radius 3 is 2.64 bits per heavy atom. The second kappa shape index (κ2) is 9.43. The molecule has 0 saturated carbocycles. The van der Waals surface area contributed by atoms with Gasteiger partial charge < -0.3 is 9.88 Å². The number of piperazine rings is 1. The fraction of sp³-hybridized carbons (Fsp3) is 0.556. The number of aromatic amines is 1. The van der Waals surface area contributed by atoms with E-state index in [0.717, 1.165) is 62.4 Å². The number of para-hydroxylation sites is 1. The lowest BCUT2D eigenvalue weighted by molar-refractivity contribution is 0.122. The molecule has 1 aliphatic carbocycles. The van der Waals surface area contributed by atoms with Gasteiger partial charge in [0.15, 0.2) is 0 Å². The summed E-state index contributed by atoms with van der Waals surface area (Å²) in [4.78, 5) is 21.2. The first kappa shape index (κ1) is 22.4. The Balaban J connectivity index is 1.40. The molecule has 2 aliphatic rings. The van der Waals surface area contributed by atoms with E-state index in [0.29, 0.717) is 18.1 Å². The monoisotopic (exact) mass is 446 g/mol. The van der Waals surface area contributed by atoms with Gasteiger partial charge in [-0.15, -0.1) is 0 Å². The molecule has 0 radical (unpaired) electrons. The first-order chi connectivity index (χ1) is 16.0. The van der Waals surface area contributed by atoms with Crippen LogP contribution in [0.25, 0.3) is 11.0 Å². The molecule has 3 aromatic rings. The third-order valence-corrected chi connectivity index (χ3v) is 7.49. The topological polar surface area (TPSA) is 51.3 Å². The molecule has 1 saturated heterocycles. The minimum atomic E-state index is 0.353. The van der Waals surface area contributed by atoms with Crippen molar-refractivity contribution in [1.82, 2.24) is 24.8 Å². The second-order valence-corrected chi connectivity index (χ2v) is 10.2. The maximum Gasteiger partial charge on any atom is 0.121 e. The van der Waals surface area contributed by atoms with E-state index in [9.17, 15) is 0 Å². The summed E-state index contributed by atoms with van der Waals surface area (Å²) >= 11 is 0. The van der Waals surface area contributed by atoms with E-state index < -0.39 is 0 Å². The maximum absolute atomic E-state index is 5.14. The zero-order chi connectivity index (χ0) is 22.9. The molecule has 0 bridgehead atoms. The van der Waals surface area contributed by atoms with Gasteiger partial charge in [-0.3, -0.25) is 14.8 Å². The van der Waals surface area contributed by atoms with E-state index in [4.69, 9.17) is 9.97 Å². The Bertz CT molecular complexity index is 1080. The first-order valence-corrected chi connectivity index (χ1v) is 12.7. The molecule has 6 heteroatoms. The van der Waals surface area contributed by atoms with Crippen molar-refractivity contribution < 1.29 is 0 Å². The number of imidazole rings is 1. The van der Waals surface area contributed by atoms with Gasteiger partial charge in [0.1, 0.15) is 11.3 Å². The Hall–Kier alpha value is -2.44. The van der Waals surface area contributed by atoms with Gasteiger partial charge in [-0.2, -0.15) is 0 Å². The van der Waals surface area contributed by atoms with Gasteiger partial charge in [0.25, 0.3) is 0 Å². The Morgan fingerprint density at radius 2 is 1.88 bits per heavy atom. The molecule has 0 spiro atoms. The summed E-state index contributed by atoms with van der Waals surface area (Å²) in [7, 11) is 0. The summed E-state index contributed by atoms with van der Waals surface area (Å²) in [5, 5.41) is 0. The zero-order valence-corrected chi connectivity index (χ0v) is 20.6. The highest BCUT2D eigenvalue weighted by atomic mass is 15.3. The van der Waals surface area contributed by atoms with Crippen molar-refractivity contribution in [3.05, 3.63) is 53.6 Å². The van der Waals surface area contributed by atoms with E-state index in [1.807, 2.05) is 6.20 Å². The number of H-pyrrole nitrogens is 1. The molecule has 33 heavy (non-hydrogen) atoms. The molecule has 1 unspecified atom stereocenters. The lowest BCUT2D eigenvalue weighted by Gasteiger charge is -2.38. The summed E-state index contributed by atoms with van der Waals surface area (Å²) in [6.45, 7) is 14.3. The maximum atomic E-state index is 5.14. The van der Waals surface area contributed by atoms with Crippen molar-refractivity contribution in [3.8, 4) is 0 Å². The van der Waals surface area contributed by atoms with Gasteiger partial charge >= 0.3 is 0 Å². The van der Waals surface area contributed by atoms with Crippen LogP contribution in [0.15, 0.2) is 36.5 Å². The SMILES string of the molecule is CC(C)N1CCN(c2cccc3[nH]c(CN(C(C)C)C4CCCc5cccnc54)nc23)CC1. The van der Waals surface area contributed by atoms with Crippen LogP contribution in [0.4, 0.5) is 5.69 Å². The standard InChI is InChI=1S/C27H38N6/c1-19(2)31-14-16-32(17-15-31)23-11-6-10-22-27(23)30-25(29-22)18-33(20(3)4)24-12-5-8-21-9-7-13-28-26(21)24/h6-7,9-11,13,19-20,24H,5,8,12,14-18H2,1-4H3,(H,29,30). The predicted molar refractivity (Wildman–Crippen MR) is 136 cm³/mol. The van der Waals surface area contributed by atoms with Crippen LogP contribution in [0.3, 0.4) is 0 Å². The van der Waals surface area contributed by atoms with Crippen LogP contribution in [0.2, 0.25) is 0 Å². The molecule has 3 heterocycles. The van der Waals surface area contributed by atoms with Gasteiger partial charge in [-0.1, -0.05) is 12.1 Å². The van der Waals surface area contributed by atoms with Crippen molar-refractivity contribution in [2.75, 3.05) is 31.1 Å². The number of rotatable bonds is 6. The highest BCUT2D eigenvalue weighted by Gasteiger charge is 2.30. The fourth-order valence-corrected chi connectivity index (χ4v) is 5.61. The smallest absolute Gasteiger partial charge is 0.121 e. The number of pyridine rings is 1. The quantitative estimate of drug-likeness (QED) is 0.591. The molecule has 1 atom stereocenters. The Labute approximate surface area is 198 Å². The largest absolute Gasteiger partial charge is 0.367 e. The number of hydrogen-bond donors (Lipinski definition) is 1. The van der Waals surface area contributed by atoms with Gasteiger partial charge in [-0.25, -0.2) is 4.98 Å². The fourth-order valence-electron chi connectivity index (χ4n) is 5.61. The molecule has 5 rings (SSSR count). The number of aromatic nitrogens is 3. The summed E-state index contributed by atoms with van der Waals surface area (Å²) < 4.78 is 0. The third kappa shape index (κ3) is 4.51. The van der Waals surface area contributed by atoms with Crippen LogP contribution >= 0.6 is 0 Å². The van der Waals surface area contributed by atoms with Crippen LogP contribution < -0.4 is 4.90 Å². The Kier molecular flexibility index (Phi) is 6.39. The third-order valence-electron chi connectivity index (χ3n) is 7.49. The normalized spacial score (nSPS) is 19.7. The molecule has 6 nitrogen and oxygen atoms in total. The summed E-state index contributed by atoms with van der Waals surface area (Å²) in [6.07, 6.45) is 5.47. The minimum Gasteiger partial charge on any atom is -0.367 e. The number of fused-ring (bicyclic) bond motifs is 2. The van der Waals surface area contributed by atoms with E-state index >= 15 is 0 Å². The van der Waals surface area contributed by atoms with E-state index in [-0.39, 0.29) is 0 Å². The molecule has 1 aromatic carbocycles. The average molecular weight is 447 g/mol. The summed E-state index contributed by atoms with van der Waals surface area (Å²) in [5.41, 5.74) is 6.18.